The molecule has 104 valence electrons. The summed E-state index contributed by atoms with van der Waals surface area (Å²) in [6.07, 6.45) is 0. The first-order valence-electron chi connectivity index (χ1n) is 6.01. The van der Waals surface area contributed by atoms with Gasteiger partial charge in [0.25, 0.3) is 0 Å². The van der Waals surface area contributed by atoms with E-state index in [0.29, 0.717) is 22.0 Å². The highest BCUT2D eigenvalue weighted by molar-refractivity contribution is 9.10. The highest BCUT2D eigenvalue weighted by Gasteiger charge is 2.20. The molecular formula is C14H16BrClFNO. The van der Waals surface area contributed by atoms with Crippen molar-refractivity contribution >= 4 is 38.5 Å². The molecule has 5 heteroatoms. The fourth-order valence-electron chi connectivity index (χ4n) is 1.87. The monoisotopic (exact) mass is 347 g/mol. The lowest BCUT2D eigenvalue weighted by Gasteiger charge is -2.19. The van der Waals surface area contributed by atoms with Gasteiger partial charge in [-0.25, -0.2) is 4.39 Å². The van der Waals surface area contributed by atoms with Crippen molar-refractivity contribution in [1.29, 1.82) is 0 Å². The Hall–Kier alpha value is -0.580. The fourth-order valence-corrected chi connectivity index (χ4v) is 2.71. The van der Waals surface area contributed by atoms with E-state index in [4.69, 9.17) is 16.0 Å². The fraction of sp³-hybridized carbons (Fsp3) is 0.429. The molecular weight excluding hydrogens is 333 g/mol. The van der Waals surface area contributed by atoms with Gasteiger partial charge in [0, 0.05) is 11.1 Å². The van der Waals surface area contributed by atoms with E-state index in [1.54, 1.807) is 0 Å². The zero-order valence-corrected chi connectivity index (χ0v) is 13.7. The second-order valence-electron chi connectivity index (χ2n) is 5.61. The molecule has 2 rings (SSSR count). The topological polar surface area (TPSA) is 25.2 Å². The van der Waals surface area contributed by atoms with Gasteiger partial charge >= 0.3 is 0 Å². The average Bonchev–Trinajstić information content (AvgIpc) is 2.61. The van der Waals surface area contributed by atoms with Gasteiger partial charge in [-0.05, 0) is 49.7 Å². The van der Waals surface area contributed by atoms with Crippen molar-refractivity contribution in [3.8, 4) is 0 Å². The molecule has 0 saturated carbocycles. The molecule has 0 aliphatic rings. The first-order chi connectivity index (χ1) is 8.70. The molecule has 0 aliphatic heterocycles. The second-order valence-corrected chi connectivity index (χ2v) is 6.87. The minimum atomic E-state index is -0.428. The molecule has 0 fully saturated rings. The number of benzene rings is 1. The van der Waals surface area contributed by atoms with Crippen LogP contribution in [0, 0.1) is 12.7 Å². The van der Waals surface area contributed by atoms with Crippen molar-refractivity contribution in [3.05, 3.63) is 32.7 Å². The summed E-state index contributed by atoms with van der Waals surface area (Å²) in [5.74, 6) is 0.301. The van der Waals surface area contributed by atoms with Crippen LogP contribution < -0.4 is 5.32 Å². The molecule has 0 saturated heterocycles. The van der Waals surface area contributed by atoms with Crippen molar-refractivity contribution in [3.63, 3.8) is 0 Å². The Morgan fingerprint density at radius 1 is 1.42 bits per heavy atom. The smallest absolute Gasteiger partial charge is 0.153 e. The molecule has 19 heavy (non-hydrogen) atoms. The van der Waals surface area contributed by atoms with Gasteiger partial charge in [-0.3, -0.25) is 0 Å². The molecule has 1 N–H and O–H groups in total. The Balaban J connectivity index is 2.51. The highest BCUT2D eigenvalue weighted by Crippen LogP contribution is 2.36. The number of furan rings is 1. The summed E-state index contributed by atoms with van der Waals surface area (Å²) in [4.78, 5) is 0. The standard InChI is InChI=1S/C14H16BrClFNO/c1-7-10(6-18-14(2,3)4)19-13-8(15)5-9(16)12(17)11(7)13/h5,18H,6H2,1-4H3. The first-order valence-corrected chi connectivity index (χ1v) is 7.18. The van der Waals surface area contributed by atoms with Crippen molar-refractivity contribution in [2.75, 3.05) is 0 Å². The van der Waals surface area contributed by atoms with Gasteiger partial charge in [0.1, 0.15) is 5.76 Å². The Morgan fingerprint density at radius 2 is 2.05 bits per heavy atom. The van der Waals surface area contributed by atoms with Gasteiger partial charge in [0.05, 0.1) is 21.4 Å². The van der Waals surface area contributed by atoms with Crippen LogP contribution in [0.1, 0.15) is 32.1 Å². The number of halogens is 3. The van der Waals surface area contributed by atoms with Gasteiger partial charge in [-0.2, -0.15) is 0 Å². The maximum Gasteiger partial charge on any atom is 0.153 e. The number of hydrogen-bond donors (Lipinski definition) is 1. The minimum Gasteiger partial charge on any atom is -0.458 e. The van der Waals surface area contributed by atoms with E-state index in [0.717, 1.165) is 11.3 Å². The molecule has 1 aromatic carbocycles. The number of rotatable bonds is 2. The van der Waals surface area contributed by atoms with E-state index >= 15 is 0 Å². The Morgan fingerprint density at radius 3 is 2.63 bits per heavy atom. The molecule has 0 radical (unpaired) electrons. The summed E-state index contributed by atoms with van der Waals surface area (Å²) in [5, 5.41) is 3.87. The lowest BCUT2D eigenvalue weighted by molar-refractivity contribution is 0.394. The van der Waals surface area contributed by atoms with Crippen LogP contribution in [0.5, 0.6) is 0 Å². The van der Waals surface area contributed by atoms with Crippen molar-refractivity contribution in [1.82, 2.24) is 5.32 Å². The maximum atomic E-state index is 14.1. The van der Waals surface area contributed by atoms with Crippen molar-refractivity contribution < 1.29 is 8.81 Å². The van der Waals surface area contributed by atoms with Crippen LogP contribution in [-0.4, -0.2) is 5.54 Å². The largest absolute Gasteiger partial charge is 0.458 e. The van der Waals surface area contributed by atoms with E-state index in [1.807, 2.05) is 6.92 Å². The zero-order chi connectivity index (χ0) is 14.4. The summed E-state index contributed by atoms with van der Waals surface area (Å²) in [6.45, 7) is 8.60. The second kappa shape index (κ2) is 5.08. The Bertz CT molecular complexity index is 631. The zero-order valence-electron chi connectivity index (χ0n) is 11.3. The maximum absolute atomic E-state index is 14.1. The third-order valence-electron chi connectivity index (χ3n) is 2.92. The molecule has 0 unspecified atom stereocenters. The molecule has 1 aromatic heterocycles. The molecule has 0 bridgehead atoms. The predicted octanol–water partition coefficient (Wildman–Crippen LogP) is 5.18. The number of nitrogens with one attached hydrogen (secondary N) is 1. The quantitative estimate of drug-likeness (QED) is 0.756. The lowest BCUT2D eigenvalue weighted by atomic mass is 10.1. The minimum absolute atomic E-state index is 0.0289. The van der Waals surface area contributed by atoms with E-state index in [-0.39, 0.29) is 10.6 Å². The molecule has 2 aromatic rings. The Kier molecular flexibility index (Phi) is 3.96. The van der Waals surface area contributed by atoms with Crippen LogP contribution in [0.4, 0.5) is 4.39 Å². The molecule has 0 spiro atoms. The predicted molar refractivity (Wildman–Crippen MR) is 80.2 cm³/mol. The van der Waals surface area contributed by atoms with Crippen molar-refractivity contribution in [2.24, 2.45) is 0 Å². The van der Waals surface area contributed by atoms with Gasteiger partial charge in [-0.15, -0.1) is 0 Å². The summed E-state index contributed by atoms with van der Waals surface area (Å²) >= 11 is 9.22. The van der Waals surface area contributed by atoms with Crippen LogP contribution in [0.25, 0.3) is 11.0 Å². The van der Waals surface area contributed by atoms with Crippen LogP contribution >= 0.6 is 27.5 Å². The molecule has 1 heterocycles. The number of aryl methyl sites for hydroxylation is 1. The average molecular weight is 349 g/mol. The number of fused-ring (bicyclic) bond motifs is 1. The van der Waals surface area contributed by atoms with Crippen LogP contribution in [0.3, 0.4) is 0 Å². The van der Waals surface area contributed by atoms with E-state index in [9.17, 15) is 4.39 Å². The first kappa shape index (κ1) is 14.8. The summed E-state index contributed by atoms with van der Waals surface area (Å²) in [7, 11) is 0. The van der Waals surface area contributed by atoms with Crippen LogP contribution in [0.2, 0.25) is 5.02 Å². The third-order valence-corrected chi connectivity index (χ3v) is 3.79. The normalized spacial score (nSPS) is 12.4. The van der Waals surface area contributed by atoms with E-state index < -0.39 is 5.82 Å². The van der Waals surface area contributed by atoms with Gasteiger partial charge in [0.2, 0.25) is 0 Å². The third kappa shape index (κ3) is 2.96. The lowest BCUT2D eigenvalue weighted by Crippen LogP contribution is -2.35. The van der Waals surface area contributed by atoms with Crippen LogP contribution in [-0.2, 0) is 6.54 Å². The SMILES string of the molecule is Cc1c(CNC(C)(C)C)oc2c(Br)cc(Cl)c(F)c12. The van der Waals surface area contributed by atoms with Crippen LogP contribution in [0.15, 0.2) is 15.0 Å². The molecule has 0 atom stereocenters. The van der Waals surface area contributed by atoms with Gasteiger partial charge < -0.3 is 9.73 Å². The molecule has 0 aliphatic carbocycles. The summed E-state index contributed by atoms with van der Waals surface area (Å²) < 4.78 is 20.5. The van der Waals surface area contributed by atoms with E-state index in [2.05, 4.69) is 42.0 Å². The van der Waals surface area contributed by atoms with Crippen molar-refractivity contribution in [2.45, 2.75) is 39.8 Å². The van der Waals surface area contributed by atoms with Gasteiger partial charge in [-0.1, -0.05) is 11.6 Å². The molecule has 2 nitrogen and oxygen atoms in total. The summed E-state index contributed by atoms with van der Waals surface area (Å²) in [6, 6.07) is 1.52. The summed E-state index contributed by atoms with van der Waals surface area (Å²) in [5.41, 5.74) is 1.26. The van der Waals surface area contributed by atoms with E-state index in [1.165, 1.54) is 6.07 Å². The Labute approximate surface area is 125 Å². The molecule has 0 amide bonds. The van der Waals surface area contributed by atoms with Gasteiger partial charge in [0.15, 0.2) is 11.4 Å². The number of hydrogen-bond acceptors (Lipinski definition) is 2. The highest BCUT2D eigenvalue weighted by atomic mass is 79.9.